The molecule has 0 bridgehead atoms. The molecule has 0 spiro atoms. The third-order valence-electron chi connectivity index (χ3n) is 7.98. The number of carbonyl (C=O) groups is 2. The van der Waals surface area contributed by atoms with Crippen LogP contribution in [0.5, 0.6) is 0 Å². The fourth-order valence-corrected chi connectivity index (χ4v) is 5.48. The molecule has 11 heteroatoms. The second-order valence-corrected chi connectivity index (χ2v) is 10.8. The first-order valence-corrected chi connectivity index (χ1v) is 13.3. The highest BCUT2D eigenvalue weighted by Gasteiger charge is 2.38. The Morgan fingerprint density at radius 2 is 1.79 bits per heavy atom. The van der Waals surface area contributed by atoms with Gasteiger partial charge in [0, 0.05) is 49.2 Å². The van der Waals surface area contributed by atoms with Crippen LogP contribution < -0.4 is 0 Å². The second-order valence-electron chi connectivity index (χ2n) is 10.8. The Morgan fingerprint density at radius 1 is 1.18 bits per heavy atom. The number of amides is 1. The molecule has 2 atom stereocenters. The number of carbonyl (C=O) groups excluding carboxylic acids is 1. The topological polar surface area (TPSA) is 81.9 Å². The summed E-state index contributed by atoms with van der Waals surface area (Å²) in [5.74, 6) is -1.19. The number of piperidine rings is 1. The molecular weight excluding hydrogens is 499 g/mol. The summed E-state index contributed by atoms with van der Waals surface area (Å²) in [4.78, 5) is 29.9. The van der Waals surface area contributed by atoms with Gasteiger partial charge < -0.3 is 14.9 Å². The Morgan fingerprint density at radius 3 is 2.29 bits per heavy atom. The van der Waals surface area contributed by atoms with Crippen molar-refractivity contribution in [3.05, 3.63) is 41.4 Å². The molecule has 1 aromatic heterocycles. The number of carboxylic acid groups (broad SMARTS) is 1. The third-order valence-corrected chi connectivity index (χ3v) is 7.98. The average molecular weight is 540 g/mol. The van der Waals surface area contributed by atoms with Crippen LogP contribution in [0, 0.1) is 0 Å². The van der Waals surface area contributed by atoms with Gasteiger partial charge in [-0.3, -0.25) is 4.90 Å². The molecule has 0 radical (unpaired) electrons. The number of rotatable bonds is 8. The van der Waals surface area contributed by atoms with E-state index in [1.807, 2.05) is 20.0 Å². The van der Waals surface area contributed by atoms with Crippen molar-refractivity contribution >= 4 is 12.0 Å². The Balaban J connectivity index is 1.74. The monoisotopic (exact) mass is 539 g/mol. The normalized spacial score (nSPS) is 22.9. The minimum Gasteiger partial charge on any atom is -0.476 e. The molecule has 212 valence electrons. The lowest BCUT2D eigenvalue weighted by atomic mass is 9.87. The summed E-state index contributed by atoms with van der Waals surface area (Å²) in [6, 6.07) is 1.26. The minimum atomic E-state index is -4.27. The highest BCUT2D eigenvalue weighted by Crippen LogP contribution is 2.35. The molecule has 8 nitrogen and oxygen atoms in total. The molecule has 2 aliphatic rings. The fourth-order valence-electron chi connectivity index (χ4n) is 5.48. The zero-order valence-electron chi connectivity index (χ0n) is 23.0. The van der Waals surface area contributed by atoms with Crippen molar-refractivity contribution in [3.63, 3.8) is 0 Å². The average Bonchev–Trinajstić information content (AvgIpc) is 3.46. The van der Waals surface area contributed by atoms with Crippen molar-refractivity contribution in [2.24, 2.45) is 0 Å². The van der Waals surface area contributed by atoms with Gasteiger partial charge in [-0.15, -0.1) is 0 Å². The van der Waals surface area contributed by atoms with Crippen LogP contribution in [-0.2, 0) is 0 Å². The van der Waals surface area contributed by atoms with Gasteiger partial charge in [0.25, 0.3) is 0 Å². The van der Waals surface area contributed by atoms with Crippen LogP contribution in [0.3, 0.4) is 0 Å². The fraction of sp³-hybridized carbons (Fsp3) is 0.667. The van der Waals surface area contributed by atoms with Crippen molar-refractivity contribution in [3.8, 4) is 0 Å². The number of carboxylic acids is 1. The molecule has 2 fully saturated rings. The van der Waals surface area contributed by atoms with Crippen LogP contribution in [0.2, 0.25) is 0 Å². The molecule has 0 aliphatic carbocycles. The van der Waals surface area contributed by atoms with E-state index in [4.69, 9.17) is 5.11 Å². The Hall–Kier alpha value is -2.82. The van der Waals surface area contributed by atoms with Crippen molar-refractivity contribution in [2.75, 3.05) is 26.7 Å². The van der Waals surface area contributed by atoms with E-state index in [1.165, 1.54) is 18.3 Å². The number of likely N-dealkylation sites (N-methyl/N-ethyl adjacent to an activating group) is 1. The summed E-state index contributed by atoms with van der Waals surface area (Å²) in [6.07, 6.45) is 3.45. The molecule has 38 heavy (non-hydrogen) atoms. The standard InChI is InChI=1S/C27H40F3N5O3/c1-6-7-21(23(10-12-27(28,29)30)35-19(2)8-9-20(35)3)18-32(5)26(4)13-16-33(17-14-26)25(38)34-15-11-22(31-34)24(36)37/h7,10-11,15,19-20H,6,8-9,12-14,16-18H2,1-5H3,(H,36,37)/b21-7-,23-10+/t19-,20+. The molecule has 3 rings (SSSR count). The van der Waals surface area contributed by atoms with Gasteiger partial charge in [0.1, 0.15) is 0 Å². The van der Waals surface area contributed by atoms with E-state index >= 15 is 0 Å². The Kier molecular flexibility index (Phi) is 9.33. The maximum atomic E-state index is 13.3. The maximum Gasteiger partial charge on any atom is 0.392 e. The van der Waals surface area contributed by atoms with Crippen LogP contribution in [0.25, 0.3) is 0 Å². The predicted octanol–water partition coefficient (Wildman–Crippen LogP) is 5.38. The highest BCUT2D eigenvalue weighted by molar-refractivity contribution is 5.86. The van der Waals surface area contributed by atoms with E-state index in [1.54, 1.807) is 4.90 Å². The lowest BCUT2D eigenvalue weighted by molar-refractivity contribution is -0.125. The van der Waals surface area contributed by atoms with Gasteiger partial charge in [-0.2, -0.15) is 23.0 Å². The first-order valence-electron chi connectivity index (χ1n) is 13.3. The van der Waals surface area contributed by atoms with Crippen LogP contribution in [0.4, 0.5) is 18.0 Å². The molecule has 1 amide bonds. The molecule has 1 aromatic rings. The maximum absolute atomic E-state index is 13.3. The van der Waals surface area contributed by atoms with Gasteiger partial charge in [-0.1, -0.05) is 19.1 Å². The minimum absolute atomic E-state index is 0.170. The largest absolute Gasteiger partial charge is 0.476 e. The first kappa shape index (κ1) is 29.7. The van der Waals surface area contributed by atoms with E-state index in [9.17, 15) is 22.8 Å². The number of allylic oxidation sites excluding steroid dienone is 2. The van der Waals surface area contributed by atoms with Crippen molar-refractivity contribution < 1.29 is 27.9 Å². The van der Waals surface area contributed by atoms with Gasteiger partial charge in [0.2, 0.25) is 0 Å². The van der Waals surface area contributed by atoms with Gasteiger partial charge in [-0.05, 0) is 71.6 Å². The van der Waals surface area contributed by atoms with Crippen LogP contribution in [0.1, 0.15) is 76.7 Å². The lowest BCUT2D eigenvalue weighted by Gasteiger charge is -2.46. The molecule has 3 heterocycles. The summed E-state index contributed by atoms with van der Waals surface area (Å²) in [5, 5.41) is 12.9. The Labute approximate surface area is 222 Å². The number of hydrogen-bond acceptors (Lipinski definition) is 5. The van der Waals surface area contributed by atoms with Gasteiger partial charge >= 0.3 is 18.2 Å². The van der Waals surface area contributed by atoms with Gasteiger partial charge in [-0.25, -0.2) is 9.59 Å². The number of hydrogen-bond donors (Lipinski definition) is 1. The smallest absolute Gasteiger partial charge is 0.392 e. The summed E-state index contributed by atoms with van der Waals surface area (Å²) in [7, 11) is 1.99. The summed E-state index contributed by atoms with van der Waals surface area (Å²) in [5.41, 5.74) is 1.12. The van der Waals surface area contributed by atoms with E-state index in [0.29, 0.717) is 44.6 Å². The molecule has 2 aliphatic heterocycles. The van der Waals surface area contributed by atoms with E-state index in [0.717, 1.165) is 23.1 Å². The zero-order chi connectivity index (χ0) is 28.3. The molecule has 1 N–H and O–H groups in total. The van der Waals surface area contributed by atoms with Crippen molar-refractivity contribution in [2.45, 2.75) is 90.0 Å². The van der Waals surface area contributed by atoms with Crippen molar-refractivity contribution in [1.82, 2.24) is 24.5 Å². The van der Waals surface area contributed by atoms with Gasteiger partial charge in [0.15, 0.2) is 5.69 Å². The van der Waals surface area contributed by atoms with E-state index in [-0.39, 0.29) is 29.3 Å². The van der Waals surface area contributed by atoms with Crippen LogP contribution in [-0.4, -0.2) is 92.1 Å². The lowest BCUT2D eigenvalue weighted by Crippen LogP contribution is -2.54. The SMILES string of the molecule is CC/C=C(CN(C)C1(C)CCN(C(=O)n2ccc(C(=O)O)n2)CC1)\C(=C/CC(F)(F)F)N1[C@H](C)CC[C@@H]1C. The predicted molar refractivity (Wildman–Crippen MR) is 139 cm³/mol. The summed E-state index contributed by atoms with van der Waals surface area (Å²) >= 11 is 0. The highest BCUT2D eigenvalue weighted by atomic mass is 19.4. The van der Waals surface area contributed by atoms with E-state index in [2.05, 4.69) is 35.7 Å². The van der Waals surface area contributed by atoms with Crippen LogP contribution >= 0.6 is 0 Å². The Bertz CT molecular complexity index is 1050. The number of nitrogens with zero attached hydrogens (tertiary/aromatic N) is 5. The quantitative estimate of drug-likeness (QED) is 0.447. The molecule has 2 saturated heterocycles. The second kappa shape index (κ2) is 11.9. The molecular formula is C27H40F3N5O3. The zero-order valence-corrected chi connectivity index (χ0v) is 23.0. The number of aromatic nitrogens is 2. The number of alkyl halides is 3. The summed E-state index contributed by atoms with van der Waals surface area (Å²) in [6.45, 7) is 9.69. The third kappa shape index (κ3) is 6.98. The number of aromatic carboxylic acids is 1. The van der Waals surface area contributed by atoms with Gasteiger partial charge in [0.05, 0.1) is 6.42 Å². The summed E-state index contributed by atoms with van der Waals surface area (Å²) < 4.78 is 40.8. The first-order chi connectivity index (χ1) is 17.8. The molecule has 0 aromatic carbocycles. The van der Waals surface area contributed by atoms with E-state index < -0.39 is 18.6 Å². The molecule has 0 saturated carbocycles. The number of likely N-dealkylation sites (tertiary alicyclic amines) is 2. The van der Waals surface area contributed by atoms with Crippen LogP contribution in [0.15, 0.2) is 35.7 Å². The number of halogens is 3. The molecule has 0 unspecified atom stereocenters. The van der Waals surface area contributed by atoms with Crippen molar-refractivity contribution in [1.29, 1.82) is 0 Å².